The van der Waals surface area contributed by atoms with Gasteiger partial charge in [0.05, 0.1) is 18.7 Å². The summed E-state index contributed by atoms with van der Waals surface area (Å²) >= 11 is 3.39. The van der Waals surface area contributed by atoms with Gasteiger partial charge in [-0.1, -0.05) is 0 Å². The largest absolute Gasteiger partial charge is 0.497 e. The number of halogens is 1. The third kappa shape index (κ3) is 3.97. The van der Waals surface area contributed by atoms with Gasteiger partial charge in [-0.05, 0) is 53.7 Å². The van der Waals surface area contributed by atoms with Crippen molar-refractivity contribution in [3.05, 3.63) is 22.7 Å². The summed E-state index contributed by atoms with van der Waals surface area (Å²) in [6.45, 7) is 0. The number of rotatable bonds is 4. The zero-order valence-electron chi connectivity index (χ0n) is 11.8. The lowest BCUT2D eigenvalue weighted by Gasteiger charge is -2.25. The summed E-state index contributed by atoms with van der Waals surface area (Å²) in [6, 6.07) is 5.37. The highest BCUT2D eigenvalue weighted by Gasteiger charge is 2.29. The van der Waals surface area contributed by atoms with Crippen molar-refractivity contribution >= 4 is 33.5 Å². The van der Waals surface area contributed by atoms with Crippen LogP contribution in [0.5, 0.6) is 5.75 Å². The van der Waals surface area contributed by atoms with Gasteiger partial charge in [0.25, 0.3) is 0 Å². The van der Waals surface area contributed by atoms with Crippen LogP contribution >= 0.6 is 15.9 Å². The fourth-order valence-corrected chi connectivity index (χ4v) is 2.91. The van der Waals surface area contributed by atoms with E-state index >= 15 is 0 Å². The standard InChI is InChI=1S/C15H18BrNO4/c1-21-11-6-7-12(16)13(8-11)17-14(18)9-2-4-10(5-3-9)15(19)20/h6-10H,2-5H2,1H3,(H,17,18)(H,19,20). The Balaban J connectivity index is 1.98. The number of hydrogen-bond acceptors (Lipinski definition) is 3. The van der Waals surface area contributed by atoms with Gasteiger partial charge >= 0.3 is 5.97 Å². The molecule has 0 saturated heterocycles. The summed E-state index contributed by atoms with van der Waals surface area (Å²) in [5.41, 5.74) is 0.666. The second-order valence-corrected chi connectivity index (χ2v) is 6.08. The first-order chi connectivity index (χ1) is 10.0. The van der Waals surface area contributed by atoms with Crippen LogP contribution in [0.3, 0.4) is 0 Å². The van der Waals surface area contributed by atoms with Crippen LogP contribution in [0.2, 0.25) is 0 Å². The summed E-state index contributed by atoms with van der Waals surface area (Å²) in [7, 11) is 1.57. The van der Waals surface area contributed by atoms with Crippen LogP contribution in [-0.2, 0) is 9.59 Å². The van der Waals surface area contributed by atoms with Gasteiger partial charge in [0.15, 0.2) is 0 Å². The monoisotopic (exact) mass is 355 g/mol. The number of nitrogens with one attached hydrogen (secondary N) is 1. The zero-order chi connectivity index (χ0) is 15.4. The molecule has 0 heterocycles. The van der Waals surface area contributed by atoms with Gasteiger partial charge in [-0.2, -0.15) is 0 Å². The molecule has 1 saturated carbocycles. The van der Waals surface area contributed by atoms with Crippen LogP contribution in [0.1, 0.15) is 25.7 Å². The molecule has 0 aromatic heterocycles. The number of anilines is 1. The summed E-state index contributed by atoms with van der Waals surface area (Å²) in [5.74, 6) is -0.586. The van der Waals surface area contributed by atoms with Gasteiger partial charge < -0.3 is 15.2 Å². The number of carbonyl (C=O) groups excluding carboxylic acids is 1. The summed E-state index contributed by atoms with van der Waals surface area (Å²) in [5, 5.41) is 11.9. The molecule has 1 aromatic carbocycles. The van der Waals surface area contributed by atoms with E-state index in [2.05, 4.69) is 21.2 Å². The molecule has 21 heavy (non-hydrogen) atoms. The number of ether oxygens (including phenoxy) is 1. The van der Waals surface area contributed by atoms with Crippen molar-refractivity contribution in [2.24, 2.45) is 11.8 Å². The van der Waals surface area contributed by atoms with E-state index in [0.29, 0.717) is 37.1 Å². The summed E-state index contributed by atoms with van der Waals surface area (Å²) < 4.78 is 5.93. The number of carboxylic acid groups (broad SMARTS) is 1. The van der Waals surface area contributed by atoms with Crippen molar-refractivity contribution in [1.82, 2.24) is 0 Å². The number of aliphatic carboxylic acids is 1. The molecule has 2 N–H and O–H groups in total. The van der Waals surface area contributed by atoms with Crippen LogP contribution in [0.4, 0.5) is 5.69 Å². The highest BCUT2D eigenvalue weighted by atomic mass is 79.9. The molecule has 0 bridgehead atoms. The van der Waals surface area contributed by atoms with Crippen molar-refractivity contribution in [3.8, 4) is 5.75 Å². The Bertz CT molecular complexity index is 538. The van der Waals surface area contributed by atoms with E-state index in [1.54, 1.807) is 19.2 Å². The maximum absolute atomic E-state index is 12.3. The topological polar surface area (TPSA) is 75.6 Å². The predicted molar refractivity (Wildman–Crippen MR) is 82.4 cm³/mol. The van der Waals surface area contributed by atoms with Crippen molar-refractivity contribution < 1.29 is 19.4 Å². The minimum absolute atomic E-state index is 0.0622. The molecular weight excluding hydrogens is 338 g/mol. The Labute approximate surface area is 131 Å². The smallest absolute Gasteiger partial charge is 0.306 e. The molecule has 1 fully saturated rings. The van der Waals surface area contributed by atoms with Crippen LogP contribution in [0, 0.1) is 11.8 Å². The van der Waals surface area contributed by atoms with Crippen LogP contribution in [0.25, 0.3) is 0 Å². The van der Waals surface area contributed by atoms with Crippen molar-refractivity contribution in [3.63, 3.8) is 0 Å². The zero-order valence-corrected chi connectivity index (χ0v) is 13.4. The molecule has 1 aromatic rings. The average Bonchev–Trinajstić information content (AvgIpc) is 2.49. The molecule has 0 unspecified atom stereocenters. The number of hydrogen-bond donors (Lipinski definition) is 2. The number of amides is 1. The fraction of sp³-hybridized carbons (Fsp3) is 0.467. The Hall–Kier alpha value is -1.56. The van der Waals surface area contributed by atoms with Gasteiger partial charge in [-0.15, -0.1) is 0 Å². The molecule has 6 heteroatoms. The fourth-order valence-electron chi connectivity index (χ4n) is 2.56. The molecular formula is C15H18BrNO4. The first kappa shape index (κ1) is 15.8. The average molecular weight is 356 g/mol. The lowest BCUT2D eigenvalue weighted by atomic mass is 9.81. The van der Waals surface area contributed by atoms with E-state index in [-0.39, 0.29) is 17.7 Å². The van der Waals surface area contributed by atoms with Gasteiger partial charge in [0.2, 0.25) is 5.91 Å². The Morgan fingerprint density at radius 3 is 2.43 bits per heavy atom. The number of carboxylic acids is 1. The normalized spacial score (nSPS) is 21.6. The van der Waals surface area contributed by atoms with Gasteiger partial charge in [0.1, 0.15) is 5.75 Å². The molecule has 1 aliphatic rings. The van der Waals surface area contributed by atoms with E-state index in [1.165, 1.54) is 0 Å². The number of methoxy groups -OCH3 is 1. The van der Waals surface area contributed by atoms with E-state index in [0.717, 1.165) is 4.47 Å². The Morgan fingerprint density at radius 2 is 1.86 bits per heavy atom. The van der Waals surface area contributed by atoms with E-state index < -0.39 is 5.97 Å². The molecule has 2 rings (SSSR count). The predicted octanol–water partition coefficient (Wildman–Crippen LogP) is 3.29. The van der Waals surface area contributed by atoms with Crippen molar-refractivity contribution in [1.29, 1.82) is 0 Å². The van der Waals surface area contributed by atoms with Gasteiger partial charge in [0, 0.05) is 16.5 Å². The first-order valence-corrected chi connectivity index (χ1v) is 7.67. The van der Waals surface area contributed by atoms with Crippen molar-refractivity contribution in [2.45, 2.75) is 25.7 Å². The van der Waals surface area contributed by atoms with Crippen LogP contribution in [0.15, 0.2) is 22.7 Å². The SMILES string of the molecule is COc1ccc(Br)c(NC(=O)C2CCC(C(=O)O)CC2)c1. The molecule has 114 valence electrons. The highest BCUT2D eigenvalue weighted by Crippen LogP contribution is 2.32. The molecule has 0 atom stereocenters. The molecule has 0 aliphatic heterocycles. The minimum atomic E-state index is -0.760. The third-order valence-electron chi connectivity index (χ3n) is 3.88. The second kappa shape index (κ2) is 6.93. The third-order valence-corrected chi connectivity index (χ3v) is 4.57. The maximum Gasteiger partial charge on any atom is 0.306 e. The van der Waals surface area contributed by atoms with E-state index in [1.807, 2.05) is 6.07 Å². The first-order valence-electron chi connectivity index (χ1n) is 6.88. The number of carbonyl (C=O) groups is 2. The number of benzene rings is 1. The Kier molecular flexibility index (Phi) is 5.22. The van der Waals surface area contributed by atoms with Gasteiger partial charge in [-0.3, -0.25) is 9.59 Å². The minimum Gasteiger partial charge on any atom is -0.497 e. The molecule has 0 radical (unpaired) electrons. The molecule has 5 nitrogen and oxygen atoms in total. The molecule has 1 aliphatic carbocycles. The summed E-state index contributed by atoms with van der Waals surface area (Å²) in [6.07, 6.45) is 2.36. The quantitative estimate of drug-likeness (QED) is 0.868. The van der Waals surface area contributed by atoms with Crippen molar-refractivity contribution in [2.75, 3.05) is 12.4 Å². The molecule has 0 spiro atoms. The maximum atomic E-state index is 12.3. The van der Waals surface area contributed by atoms with Crippen LogP contribution in [-0.4, -0.2) is 24.1 Å². The van der Waals surface area contributed by atoms with Crippen LogP contribution < -0.4 is 10.1 Å². The molecule has 1 amide bonds. The lowest BCUT2D eigenvalue weighted by molar-refractivity contribution is -0.143. The van der Waals surface area contributed by atoms with E-state index in [4.69, 9.17) is 9.84 Å². The highest BCUT2D eigenvalue weighted by molar-refractivity contribution is 9.10. The van der Waals surface area contributed by atoms with Gasteiger partial charge in [-0.25, -0.2) is 0 Å². The lowest BCUT2D eigenvalue weighted by Crippen LogP contribution is -2.29. The second-order valence-electron chi connectivity index (χ2n) is 5.22. The van der Waals surface area contributed by atoms with E-state index in [9.17, 15) is 9.59 Å². The Morgan fingerprint density at radius 1 is 1.24 bits per heavy atom. The summed E-state index contributed by atoms with van der Waals surface area (Å²) in [4.78, 5) is 23.2.